The Morgan fingerprint density at radius 3 is 2.50 bits per heavy atom. The van der Waals surface area contributed by atoms with Crippen LogP contribution in [0.5, 0.6) is 0 Å². The van der Waals surface area contributed by atoms with E-state index in [4.69, 9.17) is 5.26 Å². The molecule has 5 heteroatoms. The number of nitriles is 1. The van der Waals surface area contributed by atoms with Crippen molar-refractivity contribution in [1.29, 1.82) is 5.26 Å². The summed E-state index contributed by atoms with van der Waals surface area (Å²) in [5.41, 5.74) is 0. The van der Waals surface area contributed by atoms with Gasteiger partial charge in [-0.25, -0.2) is 0 Å². The SMILES string of the molecule is CCC(C#N)C(=O)N1CCC(CNC(C)=O)CC1. The zero-order valence-electron chi connectivity index (χ0n) is 11.1. The molecule has 0 radical (unpaired) electrons. The van der Waals surface area contributed by atoms with E-state index < -0.39 is 5.92 Å². The fraction of sp³-hybridized carbons (Fsp3) is 0.769. The Morgan fingerprint density at radius 1 is 1.44 bits per heavy atom. The molecule has 1 unspecified atom stereocenters. The van der Waals surface area contributed by atoms with Crippen LogP contribution in [-0.2, 0) is 9.59 Å². The summed E-state index contributed by atoms with van der Waals surface area (Å²) in [6, 6.07) is 2.05. The zero-order valence-corrected chi connectivity index (χ0v) is 11.1. The van der Waals surface area contributed by atoms with Crippen LogP contribution in [0.15, 0.2) is 0 Å². The van der Waals surface area contributed by atoms with Crippen molar-refractivity contribution >= 4 is 11.8 Å². The lowest BCUT2D eigenvalue weighted by atomic mass is 9.95. The minimum absolute atomic E-state index is 0.0102. The van der Waals surface area contributed by atoms with Gasteiger partial charge in [0.1, 0.15) is 5.92 Å². The standard InChI is InChI=1S/C13H21N3O2/c1-3-12(8-14)13(18)16-6-4-11(5-7-16)9-15-10(2)17/h11-12H,3-7,9H2,1-2H3,(H,15,17). The van der Waals surface area contributed by atoms with Gasteiger partial charge in [0.05, 0.1) is 6.07 Å². The van der Waals surface area contributed by atoms with Crippen LogP contribution < -0.4 is 5.32 Å². The zero-order chi connectivity index (χ0) is 13.5. The van der Waals surface area contributed by atoms with Crippen molar-refractivity contribution < 1.29 is 9.59 Å². The van der Waals surface area contributed by atoms with Gasteiger partial charge in [-0.05, 0) is 25.2 Å². The second kappa shape index (κ2) is 7.00. The van der Waals surface area contributed by atoms with Gasteiger partial charge in [-0.15, -0.1) is 0 Å². The molecule has 1 aliphatic rings. The Morgan fingerprint density at radius 2 is 2.06 bits per heavy atom. The first kappa shape index (κ1) is 14.5. The molecule has 0 spiro atoms. The van der Waals surface area contributed by atoms with E-state index in [1.165, 1.54) is 6.92 Å². The van der Waals surface area contributed by atoms with Crippen LogP contribution in [0.25, 0.3) is 0 Å². The van der Waals surface area contributed by atoms with Crippen molar-refractivity contribution in [3.63, 3.8) is 0 Å². The average molecular weight is 251 g/mol. The summed E-state index contributed by atoms with van der Waals surface area (Å²) in [5, 5.41) is 11.7. The molecular weight excluding hydrogens is 230 g/mol. The predicted molar refractivity (Wildman–Crippen MR) is 67.4 cm³/mol. The minimum atomic E-state index is -0.503. The molecule has 1 fully saturated rings. The molecule has 1 saturated heterocycles. The van der Waals surface area contributed by atoms with Crippen molar-refractivity contribution in [2.75, 3.05) is 19.6 Å². The van der Waals surface area contributed by atoms with Crippen molar-refractivity contribution in [2.45, 2.75) is 33.1 Å². The van der Waals surface area contributed by atoms with Gasteiger partial charge >= 0.3 is 0 Å². The summed E-state index contributed by atoms with van der Waals surface area (Å²) in [6.45, 7) is 5.45. The summed E-state index contributed by atoms with van der Waals surface area (Å²) in [6.07, 6.45) is 2.36. The number of likely N-dealkylation sites (tertiary alicyclic amines) is 1. The van der Waals surface area contributed by atoms with E-state index in [1.54, 1.807) is 4.90 Å². The highest BCUT2D eigenvalue weighted by Crippen LogP contribution is 2.19. The Bertz CT molecular complexity index is 341. The van der Waals surface area contributed by atoms with E-state index in [2.05, 4.69) is 11.4 Å². The van der Waals surface area contributed by atoms with E-state index >= 15 is 0 Å². The van der Waals surface area contributed by atoms with Crippen LogP contribution in [0.2, 0.25) is 0 Å². The lowest BCUT2D eigenvalue weighted by Gasteiger charge is -2.33. The Kier molecular flexibility index (Phi) is 5.63. The maximum atomic E-state index is 12.0. The van der Waals surface area contributed by atoms with Crippen LogP contribution in [0.1, 0.15) is 33.1 Å². The number of nitrogens with zero attached hydrogens (tertiary/aromatic N) is 2. The van der Waals surface area contributed by atoms with Gasteiger partial charge in [0.25, 0.3) is 0 Å². The van der Waals surface area contributed by atoms with Gasteiger partial charge in [-0.2, -0.15) is 5.26 Å². The topological polar surface area (TPSA) is 73.2 Å². The van der Waals surface area contributed by atoms with Crippen molar-refractivity contribution in [3.8, 4) is 6.07 Å². The summed E-state index contributed by atoms with van der Waals surface area (Å²) in [4.78, 5) is 24.6. The van der Waals surface area contributed by atoms with E-state index in [1.807, 2.05) is 6.92 Å². The van der Waals surface area contributed by atoms with Crippen LogP contribution >= 0.6 is 0 Å². The number of carbonyl (C=O) groups is 2. The number of hydrogen-bond donors (Lipinski definition) is 1. The maximum Gasteiger partial charge on any atom is 0.239 e. The third-order valence-electron chi connectivity index (χ3n) is 3.43. The molecule has 1 aliphatic heterocycles. The Labute approximate surface area is 108 Å². The number of rotatable bonds is 4. The highest BCUT2D eigenvalue weighted by atomic mass is 16.2. The molecule has 5 nitrogen and oxygen atoms in total. The molecule has 0 bridgehead atoms. The fourth-order valence-electron chi connectivity index (χ4n) is 2.19. The highest BCUT2D eigenvalue weighted by Gasteiger charge is 2.27. The van der Waals surface area contributed by atoms with Crippen LogP contribution in [0, 0.1) is 23.2 Å². The third-order valence-corrected chi connectivity index (χ3v) is 3.43. The van der Waals surface area contributed by atoms with Crippen LogP contribution in [0.4, 0.5) is 0 Å². The molecule has 0 aliphatic carbocycles. The lowest BCUT2D eigenvalue weighted by molar-refractivity contribution is -0.135. The summed E-state index contributed by atoms with van der Waals surface area (Å²) >= 11 is 0. The molecule has 0 aromatic carbocycles. The third kappa shape index (κ3) is 4.02. The van der Waals surface area contributed by atoms with Gasteiger partial charge in [-0.1, -0.05) is 6.92 Å². The van der Waals surface area contributed by atoms with E-state index in [0.29, 0.717) is 32.0 Å². The normalized spacial score (nSPS) is 17.9. The summed E-state index contributed by atoms with van der Waals surface area (Å²) in [7, 11) is 0. The number of amides is 2. The fourth-order valence-corrected chi connectivity index (χ4v) is 2.19. The first-order valence-electron chi connectivity index (χ1n) is 6.51. The first-order chi connectivity index (χ1) is 8.58. The van der Waals surface area contributed by atoms with E-state index in [0.717, 1.165) is 12.8 Å². The van der Waals surface area contributed by atoms with Gasteiger partial charge < -0.3 is 10.2 Å². The van der Waals surface area contributed by atoms with Gasteiger partial charge in [0.15, 0.2) is 0 Å². The average Bonchev–Trinajstić information content (AvgIpc) is 2.38. The maximum absolute atomic E-state index is 12.0. The molecule has 1 atom stereocenters. The molecule has 0 aromatic rings. The quantitative estimate of drug-likeness (QED) is 0.807. The predicted octanol–water partition coefficient (Wildman–Crippen LogP) is 0.911. The van der Waals surface area contributed by atoms with E-state index in [9.17, 15) is 9.59 Å². The van der Waals surface area contributed by atoms with E-state index in [-0.39, 0.29) is 11.8 Å². The number of nitrogens with one attached hydrogen (secondary N) is 1. The highest BCUT2D eigenvalue weighted by molar-refractivity contribution is 5.81. The largest absolute Gasteiger partial charge is 0.356 e. The van der Waals surface area contributed by atoms with Crippen LogP contribution in [0.3, 0.4) is 0 Å². The smallest absolute Gasteiger partial charge is 0.239 e. The first-order valence-corrected chi connectivity index (χ1v) is 6.51. The number of hydrogen-bond acceptors (Lipinski definition) is 3. The summed E-state index contributed by atoms with van der Waals surface area (Å²) < 4.78 is 0. The van der Waals surface area contributed by atoms with Gasteiger partial charge in [0, 0.05) is 26.6 Å². The second-order valence-electron chi connectivity index (χ2n) is 4.80. The number of piperidine rings is 1. The minimum Gasteiger partial charge on any atom is -0.356 e. The monoisotopic (exact) mass is 251 g/mol. The van der Waals surface area contributed by atoms with Crippen molar-refractivity contribution in [3.05, 3.63) is 0 Å². The summed E-state index contributed by atoms with van der Waals surface area (Å²) in [5.74, 6) is -0.112. The molecule has 18 heavy (non-hydrogen) atoms. The Hall–Kier alpha value is -1.57. The Balaban J connectivity index is 2.37. The second-order valence-corrected chi connectivity index (χ2v) is 4.80. The molecular formula is C13H21N3O2. The van der Waals surface area contributed by atoms with Crippen molar-refractivity contribution in [1.82, 2.24) is 10.2 Å². The number of carbonyl (C=O) groups excluding carboxylic acids is 2. The molecule has 1 N–H and O–H groups in total. The van der Waals surface area contributed by atoms with Gasteiger partial charge in [0.2, 0.25) is 11.8 Å². The molecule has 0 aromatic heterocycles. The van der Waals surface area contributed by atoms with Crippen LogP contribution in [-0.4, -0.2) is 36.3 Å². The molecule has 1 heterocycles. The molecule has 0 saturated carbocycles. The van der Waals surface area contributed by atoms with Crippen molar-refractivity contribution in [2.24, 2.45) is 11.8 Å². The van der Waals surface area contributed by atoms with Gasteiger partial charge in [-0.3, -0.25) is 9.59 Å². The lowest BCUT2D eigenvalue weighted by Crippen LogP contribution is -2.43. The molecule has 1 rings (SSSR count). The molecule has 2 amide bonds. The molecule has 100 valence electrons.